The normalized spacial score (nSPS) is 25.2. The summed E-state index contributed by atoms with van der Waals surface area (Å²) in [6.07, 6.45) is -0.0111. The third-order valence-electron chi connectivity index (χ3n) is 2.90. The van der Waals surface area contributed by atoms with E-state index in [1.165, 1.54) is 0 Å². The number of carboxylic acid groups (broad SMARTS) is 2. The summed E-state index contributed by atoms with van der Waals surface area (Å²) in [5.41, 5.74) is -0.661. The number of amides is 1. The van der Waals surface area contributed by atoms with Crippen LogP contribution in [-0.4, -0.2) is 47.2 Å². The molecule has 2 atom stereocenters. The van der Waals surface area contributed by atoms with Crippen LogP contribution in [0.3, 0.4) is 0 Å². The molecule has 0 radical (unpaired) electrons. The summed E-state index contributed by atoms with van der Waals surface area (Å²) >= 11 is 0. The summed E-state index contributed by atoms with van der Waals surface area (Å²) < 4.78 is 0. The van der Waals surface area contributed by atoms with Crippen LogP contribution in [0.5, 0.6) is 0 Å². The zero-order valence-electron chi connectivity index (χ0n) is 9.52. The van der Waals surface area contributed by atoms with E-state index in [4.69, 9.17) is 10.2 Å². The Hall–Kier alpha value is -1.63. The van der Waals surface area contributed by atoms with Crippen LogP contribution in [0.25, 0.3) is 0 Å². The molecule has 4 N–H and O–H groups in total. The molecule has 17 heavy (non-hydrogen) atoms. The lowest BCUT2D eigenvalue weighted by Crippen LogP contribution is -2.49. The highest BCUT2D eigenvalue weighted by Crippen LogP contribution is 2.24. The Balaban J connectivity index is 2.63. The SMILES string of the molecule is CC1(C(=O)NC(CC(=O)O)C(=O)O)CCNC1. The number of carboxylic acids is 2. The van der Waals surface area contributed by atoms with Crippen LogP contribution in [0.4, 0.5) is 0 Å². The Morgan fingerprint density at radius 1 is 1.41 bits per heavy atom. The number of carbonyl (C=O) groups excluding carboxylic acids is 1. The van der Waals surface area contributed by atoms with Crippen molar-refractivity contribution in [3.05, 3.63) is 0 Å². The summed E-state index contributed by atoms with van der Waals surface area (Å²) in [5.74, 6) is -3.01. The summed E-state index contributed by atoms with van der Waals surface area (Å²) in [6.45, 7) is 2.89. The summed E-state index contributed by atoms with van der Waals surface area (Å²) in [5, 5.41) is 22.6. The molecule has 0 aromatic rings. The average molecular weight is 244 g/mol. The van der Waals surface area contributed by atoms with Crippen molar-refractivity contribution in [1.82, 2.24) is 10.6 Å². The highest BCUT2D eigenvalue weighted by molar-refractivity contribution is 5.89. The van der Waals surface area contributed by atoms with Crippen molar-refractivity contribution in [1.29, 1.82) is 0 Å². The number of rotatable bonds is 5. The van der Waals surface area contributed by atoms with E-state index < -0.39 is 35.7 Å². The van der Waals surface area contributed by atoms with Gasteiger partial charge >= 0.3 is 11.9 Å². The molecule has 0 saturated carbocycles. The molecule has 1 fully saturated rings. The van der Waals surface area contributed by atoms with Gasteiger partial charge < -0.3 is 20.8 Å². The Morgan fingerprint density at radius 3 is 2.47 bits per heavy atom. The molecule has 96 valence electrons. The van der Waals surface area contributed by atoms with Crippen molar-refractivity contribution in [3.8, 4) is 0 Å². The number of nitrogens with one attached hydrogen (secondary N) is 2. The zero-order valence-corrected chi connectivity index (χ0v) is 9.52. The monoisotopic (exact) mass is 244 g/mol. The van der Waals surface area contributed by atoms with Gasteiger partial charge in [0.05, 0.1) is 11.8 Å². The second-order valence-corrected chi connectivity index (χ2v) is 4.45. The molecule has 1 rings (SSSR count). The van der Waals surface area contributed by atoms with Crippen LogP contribution >= 0.6 is 0 Å². The molecular formula is C10H16N2O5. The fourth-order valence-corrected chi connectivity index (χ4v) is 1.72. The highest BCUT2D eigenvalue weighted by Gasteiger charge is 2.38. The second-order valence-electron chi connectivity index (χ2n) is 4.45. The lowest BCUT2D eigenvalue weighted by atomic mass is 9.88. The molecule has 7 nitrogen and oxygen atoms in total. The molecule has 1 aliphatic heterocycles. The molecule has 7 heteroatoms. The maximum Gasteiger partial charge on any atom is 0.326 e. The van der Waals surface area contributed by atoms with E-state index in [0.29, 0.717) is 19.5 Å². The van der Waals surface area contributed by atoms with Crippen molar-refractivity contribution in [2.75, 3.05) is 13.1 Å². The van der Waals surface area contributed by atoms with Crippen LogP contribution in [0.15, 0.2) is 0 Å². The quantitative estimate of drug-likeness (QED) is 0.494. The maximum absolute atomic E-state index is 11.9. The summed E-state index contributed by atoms with van der Waals surface area (Å²) in [4.78, 5) is 33.1. The minimum atomic E-state index is -1.38. The highest BCUT2D eigenvalue weighted by atomic mass is 16.4. The first-order valence-electron chi connectivity index (χ1n) is 5.31. The molecule has 1 saturated heterocycles. The Bertz CT molecular complexity index is 336. The van der Waals surface area contributed by atoms with Gasteiger partial charge in [-0.05, 0) is 19.9 Å². The van der Waals surface area contributed by atoms with E-state index in [-0.39, 0.29) is 0 Å². The van der Waals surface area contributed by atoms with Gasteiger partial charge in [0.25, 0.3) is 0 Å². The van der Waals surface area contributed by atoms with E-state index in [9.17, 15) is 14.4 Å². The molecule has 0 aromatic heterocycles. The third-order valence-corrected chi connectivity index (χ3v) is 2.90. The number of hydrogen-bond acceptors (Lipinski definition) is 4. The zero-order chi connectivity index (χ0) is 13.1. The lowest BCUT2D eigenvalue weighted by molar-refractivity contribution is -0.148. The molecule has 0 aliphatic carbocycles. The minimum Gasteiger partial charge on any atom is -0.481 e. The largest absolute Gasteiger partial charge is 0.481 e. The van der Waals surface area contributed by atoms with Gasteiger partial charge in [0.2, 0.25) is 5.91 Å². The van der Waals surface area contributed by atoms with Crippen LogP contribution in [-0.2, 0) is 14.4 Å². The fourth-order valence-electron chi connectivity index (χ4n) is 1.72. The van der Waals surface area contributed by atoms with Gasteiger partial charge in [-0.15, -0.1) is 0 Å². The average Bonchev–Trinajstić information content (AvgIpc) is 2.64. The van der Waals surface area contributed by atoms with E-state index in [1.54, 1.807) is 6.92 Å². The first-order chi connectivity index (χ1) is 7.85. The molecular weight excluding hydrogens is 228 g/mol. The van der Waals surface area contributed by atoms with Gasteiger partial charge in [-0.1, -0.05) is 0 Å². The molecule has 0 spiro atoms. The predicted molar refractivity (Wildman–Crippen MR) is 57.4 cm³/mol. The Kier molecular flexibility index (Phi) is 4.06. The van der Waals surface area contributed by atoms with Crippen LogP contribution in [0, 0.1) is 5.41 Å². The molecule has 0 bridgehead atoms. The van der Waals surface area contributed by atoms with Crippen molar-refractivity contribution in [3.63, 3.8) is 0 Å². The van der Waals surface area contributed by atoms with Gasteiger partial charge in [0.15, 0.2) is 0 Å². The number of carbonyl (C=O) groups is 3. The molecule has 0 aromatic carbocycles. The Labute approximate surface area is 98.2 Å². The second kappa shape index (κ2) is 5.13. The summed E-state index contributed by atoms with van der Waals surface area (Å²) in [6, 6.07) is -1.38. The van der Waals surface area contributed by atoms with E-state index in [2.05, 4.69) is 10.6 Å². The maximum atomic E-state index is 11.9. The van der Waals surface area contributed by atoms with Crippen molar-refractivity contribution >= 4 is 17.8 Å². The third kappa shape index (κ3) is 3.42. The summed E-state index contributed by atoms with van der Waals surface area (Å²) in [7, 11) is 0. The van der Waals surface area contributed by atoms with Gasteiger partial charge in [-0.2, -0.15) is 0 Å². The first-order valence-corrected chi connectivity index (χ1v) is 5.31. The molecule has 1 heterocycles. The first kappa shape index (κ1) is 13.4. The van der Waals surface area contributed by atoms with Crippen LogP contribution in [0.2, 0.25) is 0 Å². The molecule has 2 unspecified atom stereocenters. The fraction of sp³-hybridized carbons (Fsp3) is 0.700. The van der Waals surface area contributed by atoms with Gasteiger partial charge in [0.1, 0.15) is 6.04 Å². The smallest absolute Gasteiger partial charge is 0.326 e. The number of aliphatic carboxylic acids is 2. The topological polar surface area (TPSA) is 116 Å². The van der Waals surface area contributed by atoms with Gasteiger partial charge in [0, 0.05) is 6.54 Å². The standard InChI is InChI=1S/C10H16N2O5/c1-10(2-3-11-5-10)9(17)12-6(8(15)16)4-7(13)14/h6,11H,2-5H2,1H3,(H,12,17)(H,13,14)(H,15,16). The van der Waals surface area contributed by atoms with Crippen molar-refractivity contribution in [2.45, 2.75) is 25.8 Å². The van der Waals surface area contributed by atoms with Gasteiger partial charge in [-0.25, -0.2) is 4.79 Å². The number of hydrogen-bond donors (Lipinski definition) is 4. The van der Waals surface area contributed by atoms with Gasteiger partial charge in [-0.3, -0.25) is 9.59 Å². The lowest BCUT2D eigenvalue weighted by Gasteiger charge is -2.23. The van der Waals surface area contributed by atoms with E-state index in [0.717, 1.165) is 0 Å². The van der Waals surface area contributed by atoms with Crippen LogP contribution in [0.1, 0.15) is 19.8 Å². The Morgan fingerprint density at radius 2 is 2.06 bits per heavy atom. The molecule has 1 amide bonds. The minimum absolute atomic E-state index is 0.420. The van der Waals surface area contributed by atoms with E-state index in [1.807, 2.05) is 0 Å². The molecule has 1 aliphatic rings. The van der Waals surface area contributed by atoms with Crippen molar-refractivity contribution in [2.24, 2.45) is 5.41 Å². The van der Waals surface area contributed by atoms with E-state index >= 15 is 0 Å². The van der Waals surface area contributed by atoms with Crippen molar-refractivity contribution < 1.29 is 24.6 Å². The van der Waals surface area contributed by atoms with Crippen LogP contribution < -0.4 is 10.6 Å². The predicted octanol–water partition coefficient (Wildman–Crippen LogP) is -0.970.